The summed E-state index contributed by atoms with van der Waals surface area (Å²) in [6.07, 6.45) is 0. The van der Waals surface area contributed by atoms with E-state index in [9.17, 15) is 10.1 Å². The third kappa shape index (κ3) is 3.15. The van der Waals surface area contributed by atoms with E-state index in [1.165, 1.54) is 18.2 Å². The maximum Gasteiger partial charge on any atom is 0.274 e. The summed E-state index contributed by atoms with van der Waals surface area (Å²) in [6, 6.07) is 7.48. The van der Waals surface area contributed by atoms with Crippen LogP contribution in [-0.2, 0) is 0 Å². The monoisotopic (exact) mass is 331 g/mol. The second-order valence-corrected chi connectivity index (χ2v) is 5.25. The highest BCUT2D eigenvalue weighted by molar-refractivity contribution is 6.35. The average molecular weight is 333 g/mol. The van der Waals surface area contributed by atoms with Crippen molar-refractivity contribution < 1.29 is 9.66 Å². The first-order chi connectivity index (χ1) is 9.38. The zero-order valence-electron chi connectivity index (χ0n) is 10.2. The molecule has 0 aliphatic carbocycles. The number of rotatable bonds is 3. The summed E-state index contributed by atoms with van der Waals surface area (Å²) < 4.78 is 5.57. The number of aryl methyl sites for hydroxylation is 1. The third-order valence-electron chi connectivity index (χ3n) is 2.56. The van der Waals surface area contributed by atoms with Crippen LogP contribution in [0, 0.1) is 17.0 Å². The largest absolute Gasteiger partial charge is 0.454 e. The van der Waals surface area contributed by atoms with Gasteiger partial charge in [0, 0.05) is 16.7 Å². The van der Waals surface area contributed by atoms with Gasteiger partial charge in [-0.2, -0.15) is 0 Å². The zero-order valence-corrected chi connectivity index (χ0v) is 12.5. The standard InChI is InChI=1S/C13H8Cl3NO3/c1-7-4-13(10(16)6-11(7)17(18)19)20-12-3-2-8(14)5-9(12)15/h2-6H,1H3. The molecule has 2 aromatic carbocycles. The fourth-order valence-corrected chi connectivity index (χ4v) is 2.24. The minimum absolute atomic E-state index is 0.0652. The van der Waals surface area contributed by atoms with E-state index in [1.54, 1.807) is 19.1 Å². The van der Waals surface area contributed by atoms with Gasteiger partial charge in [-0.15, -0.1) is 0 Å². The van der Waals surface area contributed by atoms with E-state index in [4.69, 9.17) is 39.5 Å². The Bertz CT molecular complexity index is 689. The van der Waals surface area contributed by atoms with E-state index in [2.05, 4.69) is 0 Å². The number of hydrogen-bond donors (Lipinski definition) is 0. The molecule has 0 N–H and O–H groups in total. The number of nitrogens with zero attached hydrogens (tertiary/aromatic N) is 1. The number of nitro benzene ring substituents is 1. The first kappa shape index (κ1) is 14.9. The van der Waals surface area contributed by atoms with Crippen molar-refractivity contribution >= 4 is 40.5 Å². The van der Waals surface area contributed by atoms with Crippen molar-refractivity contribution in [2.45, 2.75) is 6.92 Å². The predicted octanol–water partition coefficient (Wildman–Crippen LogP) is 5.66. The van der Waals surface area contributed by atoms with Crippen molar-refractivity contribution in [3.8, 4) is 11.5 Å². The molecule has 104 valence electrons. The highest BCUT2D eigenvalue weighted by Crippen LogP contribution is 2.37. The van der Waals surface area contributed by atoms with Crippen LogP contribution >= 0.6 is 34.8 Å². The Morgan fingerprint density at radius 3 is 2.30 bits per heavy atom. The molecule has 0 unspecified atom stereocenters. The van der Waals surface area contributed by atoms with Gasteiger partial charge in [0.05, 0.1) is 15.0 Å². The lowest BCUT2D eigenvalue weighted by Gasteiger charge is -2.10. The summed E-state index contributed by atoms with van der Waals surface area (Å²) in [4.78, 5) is 10.3. The maximum absolute atomic E-state index is 10.8. The second-order valence-electron chi connectivity index (χ2n) is 4.00. The topological polar surface area (TPSA) is 52.4 Å². The highest BCUT2D eigenvalue weighted by Gasteiger charge is 2.16. The zero-order chi connectivity index (χ0) is 14.9. The van der Waals surface area contributed by atoms with Gasteiger partial charge in [0.15, 0.2) is 0 Å². The van der Waals surface area contributed by atoms with E-state index in [-0.39, 0.29) is 10.7 Å². The minimum Gasteiger partial charge on any atom is -0.454 e. The van der Waals surface area contributed by atoms with Gasteiger partial charge in [-0.05, 0) is 31.2 Å². The van der Waals surface area contributed by atoms with Crippen LogP contribution in [-0.4, -0.2) is 4.92 Å². The first-order valence-corrected chi connectivity index (χ1v) is 6.59. The van der Waals surface area contributed by atoms with Gasteiger partial charge in [0.25, 0.3) is 5.69 Å². The van der Waals surface area contributed by atoms with Gasteiger partial charge < -0.3 is 4.74 Å². The van der Waals surface area contributed by atoms with Crippen LogP contribution in [0.5, 0.6) is 11.5 Å². The van der Waals surface area contributed by atoms with Crippen molar-refractivity contribution in [3.63, 3.8) is 0 Å². The molecule has 0 atom stereocenters. The van der Waals surface area contributed by atoms with Crippen molar-refractivity contribution in [2.75, 3.05) is 0 Å². The normalized spacial score (nSPS) is 10.4. The molecule has 0 bridgehead atoms. The molecule has 7 heteroatoms. The number of ether oxygens (including phenoxy) is 1. The van der Waals surface area contributed by atoms with Crippen LogP contribution in [0.2, 0.25) is 15.1 Å². The molecular weight excluding hydrogens is 325 g/mol. The molecule has 0 spiro atoms. The Morgan fingerprint density at radius 2 is 1.70 bits per heavy atom. The molecule has 0 radical (unpaired) electrons. The summed E-state index contributed by atoms with van der Waals surface area (Å²) in [7, 11) is 0. The van der Waals surface area contributed by atoms with Crippen LogP contribution in [0.15, 0.2) is 30.3 Å². The SMILES string of the molecule is Cc1cc(Oc2ccc(Cl)cc2Cl)c(Cl)cc1[N+](=O)[O-]. The molecule has 0 aliphatic heterocycles. The lowest BCUT2D eigenvalue weighted by Crippen LogP contribution is -1.94. The van der Waals surface area contributed by atoms with Gasteiger partial charge in [0.1, 0.15) is 11.5 Å². The molecule has 0 amide bonds. The number of hydrogen-bond acceptors (Lipinski definition) is 3. The van der Waals surface area contributed by atoms with Crippen molar-refractivity contribution in [2.24, 2.45) is 0 Å². The number of nitro groups is 1. The van der Waals surface area contributed by atoms with Crippen LogP contribution < -0.4 is 4.74 Å². The summed E-state index contributed by atoms with van der Waals surface area (Å²) in [6.45, 7) is 1.60. The van der Waals surface area contributed by atoms with E-state index in [1.807, 2.05) is 0 Å². The lowest BCUT2D eigenvalue weighted by atomic mass is 10.2. The molecule has 4 nitrogen and oxygen atoms in total. The van der Waals surface area contributed by atoms with E-state index in [0.29, 0.717) is 27.1 Å². The van der Waals surface area contributed by atoms with Crippen LogP contribution in [0.1, 0.15) is 5.56 Å². The summed E-state index contributed by atoms with van der Waals surface area (Å²) >= 11 is 17.8. The van der Waals surface area contributed by atoms with Crippen LogP contribution in [0.4, 0.5) is 5.69 Å². The lowest BCUT2D eigenvalue weighted by molar-refractivity contribution is -0.385. The molecule has 0 aromatic heterocycles. The van der Waals surface area contributed by atoms with Gasteiger partial charge in [-0.3, -0.25) is 10.1 Å². The molecule has 0 saturated carbocycles. The Balaban J connectivity index is 2.39. The first-order valence-electron chi connectivity index (χ1n) is 5.46. The quantitative estimate of drug-likeness (QED) is 0.538. The average Bonchev–Trinajstić information content (AvgIpc) is 2.36. The molecule has 0 heterocycles. The Labute approximate surface area is 130 Å². The van der Waals surface area contributed by atoms with Gasteiger partial charge in [-0.25, -0.2) is 0 Å². The van der Waals surface area contributed by atoms with Gasteiger partial charge in [-0.1, -0.05) is 34.8 Å². The van der Waals surface area contributed by atoms with E-state index < -0.39 is 4.92 Å². The molecule has 2 aromatic rings. The Kier molecular flexibility index (Phi) is 4.38. The van der Waals surface area contributed by atoms with Crippen molar-refractivity contribution in [3.05, 3.63) is 61.1 Å². The van der Waals surface area contributed by atoms with Crippen LogP contribution in [0.3, 0.4) is 0 Å². The highest BCUT2D eigenvalue weighted by atomic mass is 35.5. The molecular formula is C13H8Cl3NO3. The molecule has 0 saturated heterocycles. The minimum atomic E-state index is -0.500. The van der Waals surface area contributed by atoms with Gasteiger partial charge >= 0.3 is 0 Å². The fourth-order valence-electron chi connectivity index (χ4n) is 1.60. The Hall–Kier alpha value is -1.49. The Morgan fingerprint density at radius 1 is 1.05 bits per heavy atom. The molecule has 0 aliphatic rings. The van der Waals surface area contributed by atoms with Crippen molar-refractivity contribution in [1.82, 2.24) is 0 Å². The summed E-state index contributed by atoms with van der Waals surface area (Å²) in [5, 5.41) is 11.7. The number of halogens is 3. The van der Waals surface area contributed by atoms with Gasteiger partial charge in [0.2, 0.25) is 0 Å². The number of benzene rings is 2. The predicted molar refractivity (Wildman–Crippen MR) is 79.4 cm³/mol. The summed E-state index contributed by atoms with van der Waals surface area (Å²) in [5.41, 5.74) is 0.379. The second kappa shape index (κ2) is 5.87. The molecule has 2 rings (SSSR count). The van der Waals surface area contributed by atoms with E-state index in [0.717, 1.165) is 0 Å². The van der Waals surface area contributed by atoms with E-state index >= 15 is 0 Å². The maximum atomic E-state index is 10.8. The molecule has 20 heavy (non-hydrogen) atoms. The van der Waals surface area contributed by atoms with Crippen molar-refractivity contribution in [1.29, 1.82) is 0 Å². The third-order valence-corrected chi connectivity index (χ3v) is 3.39. The fraction of sp³-hybridized carbons (Fsp3) is 0.0769. The smallest absolute Gasteiger partial charge is 0.274 e. The van der Waals surface area contributed by atoms with Crippen LogP contribution in [0.25, 0.3) is 0 Å². The summed E-state index contributed by atoms with van der Waals surface area (Å²) in [5.74, 6) is 0.658. The molecule has 0 fully saturated rings.